The number of nitrogens with zero attached hydrogens (tertiary/aromatic N) is 4. The Morgan fingerprint density at radius 1 is 1.53 bits per heavy atom. The largest absolute Gasteiger partial charge is 0.368 e. The zero-order valence-corrected chi connectivity index (χ0v) is 11.0. The van der Waals surface area contributed by atoms with Crippen molar-refractivity contribution in [2.75, 3.05) is 18.5 Å². The van der Waals surface area contributed by atoms with Crippen molar-refractivity contribution in [3.63, 3.8) is 0 Å². The van der Waals surface area contributed by atoms with Gasteiger partial charge in [0.25, 0.3) is 0 Å². The number of hydrogen-bond donors (Lipinski definition) is 1. The Kier molecular flexibility index (Phi) is 3.16. The van der Waals surface area contributed by atoms with Gasteiger partial charge >= 0.3 is 0 Å². The van der Waals surface area contributed by atoms with Crippen LogP contribution in [0.3, 0.4) is 0 Å². The van der Waals surface area contributed by atoms with Gasteiger partial charge in [-0.05, 0) is 13.3 Å². The van der Waals surface area contributed by atoms with Crippen LogP contribution in [0.25, 0.3) is 11.2 Å². The fraction of sp³-hybridized carbons (Fsp3) is 0.462. The van der Waals surface area contributed by atoms with Crippen LogP contribution in [0.2, 0.25) is 0 Å². The molecular formula is C13H17N5O. The summed E-state index contributed by atoms with van der Waals surface area (Å²) >= 11 is 0. The number of rotatable bonds is 5. The molecule has 0 saturated carbocycles. The van der Waals surface area contributed by atoms with E-state index in [-0.39, 0.29) is 6.23 Å². The molecule has 1 aliphatic rings. The standard InChI is InChI=1S/C13H17N5O/c1-9(2)3-5-14-12-11-13(16-7-15-12)18(8-17-11)10-4-6-19-10/h7-8,10H,1,3-6H2,2H3,(H,14,15,16). The highest BCUT2D eigenvalue weighted by Crippen LogP contribution is 2.27. The third-order valence-electron chi connectivity index (χ3n) is 3.19. The lowest BCUT2D eigenvalue weighted by atomic mass is 10.2. The van der Waals surface area contributed by atoms with E-state index < -0.39 is 0 Å². The second-order valence-corrected chi connectivity index (χ2v) is 4.79. The first kappa shape index (κ1) is 12.1. The number of fused-ring (bicyclic) bond motifs is 1. The Morgan fingerprint density at radius 2 is 2.37 bits per heavy atom. The lowest BCUT2D eigenvalue weighted by Crippen LogP contribution is -2.24. The van der Waals surface area contributed by atoms with Gasteiger partial charge in [0.05, 0.1) is 12.9 Å². The van der Waals surface area contributed by atoms with Crippen LogP contribution in [-0.2, 0) is 4.74 Å². The Labute approximate surface area is 111 Å². The summed E-state index contributed by atoms with van der Waals surface area (Å²) in [6, 6.07) is 0. The van der Waals surface area contributed by atoms with Gasteiger partial charge in [-0.3, -0.25) is 4.57 Å². The molecule has 1 atom stereocenters. The number of nitrogens with one attached hydrogen (secondary N) is 1. The summed E-state index contributed by atoms with van der Waals surface area (Å²) in [4.78, 5) is 12.9. The van der Waals surface area contributed by atoms with Crippen molar-refractivity contribution in [3.8, 4) is 0 Å². The number of aromatic nitrogens is 4. The highest BCUT2D eigenvalue weighted by Gasteiger charge is 2.23. The van der Waals surface area contributed by atoms with Gasteiger partial charge in [-0.2, -0.15) is 0 Å². The van der Waals surface area contributed by atoms with Crippen molar-refractivity contribution < 1.29 is 4.74 Å². The van der Waals surface area contributed by atoms with Gasteiger partial charge in [-0.15, -0.1) is 6.58 Å². The average Bonchev–Trinajstić information content (AvgIpc) is 2.72. The van der Waals surface area contributed by atoms with Crippen molar-refractivity contribution >= 4 is 17.0 Å². The lowest BCUT2D eigenvalue weighted by molar-refractivity contribution is -0.0974. The quantitative estimate of drug-likeness (QED) is 0.833. The van der Waals surface area contributed by atoms with Crippen molar-refractivity contribution in [1.82, 2.24) is 19.5 Å². The normalized spacial score (nSPS) is 18.3. The fourth-order valence-corrected chi connectivity index (χ4v) is 2.03. The summed E-state index contributed by atoms with van der Waals surface area (Å²) in [5.41, 5.74) is 2.75. The van der Waals surface area contributed by atoms with Gasteiger partial charge in [0.1, 0.15) is 12.6 Å². The number of anilines is 1. The Balaban J connectivity index is 1.84. The molecule has 19 heavy (non-hydrogen) atoms. The van der Waals surface area contributed by atoms with Crippen LogP contribution in [-0.4, -0.2) is 32.7 Å². The second-order valence-electron chi connectivity index (χ2n) is 4.79. The summed E-state index contributed by atoms with van der Waals surface area (Å²) in [6.45, 7) is 7.50. The van der Waals surface area contributed by atoms with Gasteiger partial charge < -0.3 is 10.1 Å². The summed E-state index contributed by atoms with van der Waals surface area (Å²) in [7, 11) is 0. The average molecular weight is 259 g/mol. The van der Waals surface area contributed by atoms with Gasteiger partial charge in [0.15, 0.2) is 17.0 Å². The van der Waals surface area contributed by atoms with Crippen molar-refractivity contribution in [2.45, 2.75) is 26.0 Å². The van der Waals surface area contributed by atoms with E-state index in [1.54, 1.807) is 12.7 Å². The minimum absolute atomic E-state index is 0.0724. The molecule has 2 aromatic rings. The molecule has 2 aromatic heterocycles. The molecule has 0 radical (unpaired) electrons. The third kappa shape index (κ3) is 2.31. The molecule has 3 rings (SSSR count). The summed E-state index contributed by atoms with van der Waals surface area (Å²) in [5.74, 6) is 0.768. The molecule has 1 saturated heterocycles. The van der Waals surface area contributed by atoms with E-state index in [2.05, 4.69) is 26.8 Å². The monoisotopic (exact) mass is 259 g/mol. The predicted octanol–water partition coefficient (Wildman–Crippen LogP) is 2.12. The molecule has 6 nitrogen and oxygen atoms in total. The van der Waals surface area contributed by atoms with E-state index in [1.807, 2.05) is 11.5 Å². The first-order valence-electron chi connectivity index (χ1n) is 6.43. The maximum Gasteiger partial charge on any atom is 0.167 e. The van der Waals surface area contributed by atoms with Crippen molar-refractivity contribution in [2.24, 2.45) is 0 Å². The molecule has 1 fully saturated rings. The molecule has 6 heteroatoms. The molecule has 0 amide bonds. The van der Waals surface area contributed by atoms with Crippen LogP contribution in [0, 0.1) is 0 Å². The minimum atomic E-state index is 0.0724. The van der Waals surface area contributed by atoms with Crippen LogP contribution in [0.5, 0.6) is 0 Å². The molecule has 3 heterocycles. The molecular weight excluding hydrogens is 242 g/mol. The number of hydrogen-bond acceptors (Lipinski definition) is 5. The van der Waals surface area contributed by atoms with E-state index in [4.69, 9.17) is 4.74 Å². The first-order valence-corrected chi connectivity index (χ1v) is 6.43. The highest BCUT2D eigenvalue weighted by molar-refractivity contribution is 5.82. The van der Waals surface area contributed by atoms with E-state index in [1.165, 1.54) is 0 Å². The molecule has 1 unspecified atom stereocenters. The van der Waals surface area contributed by atoms with E-state index in [9.17, 15) is 0 Å². The highest BCUT2D eigenvalue weighted by atomic mass is 16.5. The lowest BCUT2D eigenvalue weighted by Gasteiger charge is -2.27. The molecule has 0 spiro atoms. The van der Waals surface area contributed by atoms with Crippen molar-refractivity contribution in [3.05, 3.63) is 24.8 Å². The molecule has 0 aromatic carbocycles. The van der Waals surface area contributed by atoms with Crippen LogP contribution in [0.4, 0.5) is 5.82 Å². The number of imidazole rings is 1. The van der Waals surface area contributed by atoms with E-state index >= 15 is 0 Å². The Hall–Kier alpha value is -1.95. The fourth-order valence-electron chi connectivity index (χ4n) is 2.03. The van der Waals surface area contributed by atoms with Crippen molar-refractivity contribution in [1.29, 1.82) is 0 Å². The zero-order chi connectivity index (χ0) is 13.2. The predicted molar refractivity (Wildman–Crippen MR) is 72.8 cm³/mol. The zero-order valence-electron chi connectivity index (χ0n) is 11.0. The number of ether oxygens (including phenoxy) is 1. The van der Waals surface area contributed by atoms with Gasteiger partial charge in [-0.25, -0.2) is 15.0 Å². The van der Waals surface area contributed by atoms with Crippen LogP contribution in [0.15, 0.2) is 24.8 Å². The van der Waals surface area contributed by atoms with Crippen LogP contribution in [0.1, 0.15) is 26.0 Å². The Morgan fingerprint density at radius 3 is 3.05 bits per heavy atom. The van der Waals surface area contributed by atoms with Gasteiger partial charge in [-0.1, -0.05) is 5.57 Å². The topological polar surface area (TPSA) is 64.9 Å². The summed E-state index contributed by atoms with van der Waals surface area (Å²) < 4.78 is 7.43. The maximum atomic E-state index is 5.47. The second kappa shape index (κ2) is 4.97. The molecule has 1 aliphatic heterocycles. The minimum Gasteiger partial charge on any atom is -0.368 e. The van der Waals surface area contributed by atoms with E-state index in [0.29, 0.717) is 0 Å². The maximum absolute atomic E-state index is 5.47. The van der Waals surface area contributed by atoms with Gasteiger partial charge in [0, 0.05) is 13.0 Å². The van der Waals surface area contributed by atoms with E-state index in [0.717, 1.165) is 48.5 Å². The molecule has 0 bridgehead atoms. The molecule has 0 aliphatic carbocycles. The molecule has 100 valence electrons. The SMILES string of the molecule is C=C(C)CCNc1ncnc2c1ncn2C1CCO1. The van der Waals surface area contributed by atoms with Crippen LogP contribution < -0.4 is 5.32 Å². The summed E-state index contributed by atoms with van der Waals surface area (Å²) in [5, 5.41) is 3.28. The third-order valence-corrected chi connectivity index (χ3v) is 3.19. The summed E-state index contributed by atoms with van der Waals surface area (Å²) in [6.07, 6.45) is 5.32. The first-order chi connectivity index (χ1) is 9.25. The molecule has 1 N–H and O–H groups in total. The van der Waals surface area contributed by atoms with Gasteiger partial charge in [0.2, 0.25) is 0 Å². The van der Waals surface area contributed by atoms with Crippen LogP contribution >= 0.6 is 0 Å². The smallest absolute Gasteiger partial charge is 0.167 e. The Bertz CT molecular complexity index is 602.